The van der Waals surface area contributed by atoms with Crippen molar-refractivity contribution in [2.45, 2.75) is 6.42 Å². The Morgan fingerprint density at radius 2 is 1.93 bits per heavy atom. The van der Waals surface area contributed by atoms with E-state index in [1.54, 1.807) is 12.3 Å². The summed E-state index contributed by atoms with van der Waals surface area (Å²) in [6.45, 7) is 0.465. The van der Waals surface area contributed by atoms with Gasteiger partial charge in [-0.25, -0.2) is 0 Å². The Kier molecular flexibility index (Phi) is 6.18. The van der Waals surface area contributed by atoms with Crippen LogP contribution in [0.4, 0.5) is 0 Å². The SMILES string of the molecule is N#C/C(=C/c1cn[nH]c1-c1ccc(Br)cc1)C(=O)NCCc1ccccc1. The molecule has 1 amide bonds. The maximum Gasteiger partial charge on any atom is 0.261 e. The minimum Gasteiger partial charge on any atom is -0.351 e. The van der Waals surface area contributed by atoms with Gasteiger partial charge in [0.1, 0.15) is 11.6 Å². The van der Waals surface area contributed by atoms with E-state index >= 15 is 0 Å². The minimum atomic E-state index is -0.392. The fourth-order valence-electron chi connectivity index (χ4n) is 2.62. The minimum absolute atomic E-state index is 0.0443. The Balaban J connectivity index is 1.71. The van der Waals surface area contributed by atoms with Crippen molar-refractivity contribution in [1.82, 2.24) is 15.5 Å². The molecule has 0 aliphatic heterocycles. The van der Waals surface area contributed by atoms with E-state index in [1.165, 1.54) is 0 Å². The molecule has 27 heavy (non-hydrogen) atoms. The van der Waals surface area contributed by atoms with E-state index in [2.05, 4.69) is 31.4 Å². The number of aromatic nitrogens is 2. The van der Waals surface area contributed by atoms with Gasteiger partial charge in [0, 0.05) is 22.1 Å². The number of hydrogen-bond donors (Lipinski definition) is 2. The van der Waals surface area contributed by atoms with E-state index in [0.717, 1.165) is 21.3 Å². The number of hydrogen-bond acceptors (Lipinski definition) is 3. The van der Waals surface area contributed by atoms with Crippen molar-refractivity contribution in [3.8, 4) is 17.3 Å². The second-order valence-corrected chi connectivity index (χ2v) is 6.78. The van der Waals surface area contributed by atoms with Crippen molar-refractivity contribution < 1.29 is 4.79 Å². The third kappa shape index (κ3) is 4.93. The highest BCUT2D eigenvalue weighted by Crippen LogP contribution is 2.24. The van der Waals surface area contributed by atoms with Crippen LogP contribution in [-0.4, -0.2) is 22.6 Å². The summed E-state index contributed by atoms with van der Waals surface area (Å²) in [4.78, 5) is 12.3. The zero-order valence-electron chi connectivity index (χ0n) is 14.4. The van der Waals surface area contributed by atoms with Gasteiger partial charge < -0.3 is 5.32 Å². The lowest BCUT2D eigenvalue weighted by molar-refractivity contribution is -0.117. The van der Waals surface area contributed by atoms with Crippen LogP contribution in [0.2, 0.25) is 0 Å². The highest BCUT2D eigenvalue weighted by Gasteiger charge is 2.12. The third-order valence-electron chi connectivity index (χ3n) is 4.01. The topological polar surface area (TPSA) is 81.6 Å². The second kappa shape index (κ2) is 8.97. The summed E-state index contributed by atoms with van der Waals surface area (Å²) in [5.41, 5.74) is 3.54. The summed E-state index contributed by atoms with van der Waals surface area (Å²) in [6, 6.07) is 19.6. The number of aromatic amines is 1. The molecule has 3 rings (SSSR count). The van der Waals surface area contributed by atoms with Crippen molar-refractivity contribution in [3.05, 3.63) is 82.0 Å². The van der Waals surface area contributed by atoms with E-state index in [0.29, 0.717) is 18.5 Å². The first-order valence-corrected chi connectivity index (χ1v) is 9.20. The van der Waals surface area contributed by atoms with Gasteiger partial charge in [-0.3, -0.25) is 9.89 Å². The zero-order chi connectivity index (χ0) is 19.1. The van der Waals surface area contributed by atoms with Crippen LogP contribution in [0.15, 0.2) is 70.8 Å². The first kappa shape index (κ1) is 18.6. The fourth-order valence-corrected chi connectivity index (χ4v) is 2.88. The molecule has 3 aromatic rings. The van der Waals surface area contributed by atoms with Crippen LogP contribution in [0.3, 0.4) is 0 Å². The highest BCUT2D eigenvalue weighted by molar-refractivity contribution is 9.10. The molecule has 0 unspecified atom stereocenters. The van der Waals surface area contributed by atoms with Gasteiger partial charge in [0.05, 0.1) is 11.9 Å². The molecule has 1 heterocycles. The van der Waals surface area contributed by atoms with Gasteiger partial charge in [0.15, 0.2) is 0 Å². The quantitative estimate of drug-likeness (QED) is 0.465. The lowest BCUT2D eigenvalue weighted by Gasteiger charge is -2.05. The van der Waals surface area contributed by atoms with Gasteiger partial charge >= 0.3 is 0 Å². The van der Waals surface area contributed by atoms with Crippen LogP contribution in [-0.2, 0) is 11.2 Å². The molecule has 0 atom stereocenters. The molecule has 0 saturated heterocycles. The van der Waals surface area contributed by atoms with Crippen molar-refractivity contribution in [1.29, 1.82) is 5.26 Å². The summed E-state index contributed by atoms with van der Waals surface area (Å²) >= 11 is 3.40. The highest BCUT2D eigenvalue weighted by atomic mass is 79.9. The van der Waals surface area contributed by atoms with E-state index in [9.17, 15) is 10.1 Å². The Labute approximate surface area is 165 Å². The van der Waals surface area contributed by atoms with Gasteiger partial charge in [0.2, 0.25) is 0 Å². The zero-order valence-corrected chi connectivity index (χ0v) is 16.0. The smallest absolute Gasteiger partial charge is 0.261 e. The number of halogens is 1. The fraction of sp³-hybridized carbons (Fsp3) is 0.0952. The number of carbonyl (C=O) groups excluding carboxylic acids is 1. The van der Waals surface area contributed by atoms with E-state index in [1.807, 2.05) is 60.7 Å². The first-order valence-electron chi connectivity index (χ1n) is 8.40. The first-order chi connectivity index (χ1) is 13.2. The molecule has 0 bridgehead atoms. The van der Waals surface area contributed by atoms with E-state index in [4.69, 9.17) is 0 Å². The Morgan fingerprint density at radius 1 is 1.19 bits per heavy atom. The Bertz CT molecular complexity index is 985. The van der Waals surface area contributed by atoms with Crippen LogP contribution < -0.4 is 5.32 Å². The lowest BCUT2D eigenvalue weighted by atomic mass is 10.1. The molecule has 0 saturated carbocycles. The van der Waals surface area contributed by atoms with Gasteiger partial charge in [-0.05, 0) is 30.2 Å². The molecule has 2 N–H and O–H groups in total. The number of carbonyl (C=O) groups is 1. The summed E-state index contributed by atoms with van der Waals surface area (Å²) < 4.78 is 0.971. The van der Waals surface area contributed by atoms with Crippen molar-refractivity contribution in [2.75, 3.05) is 6.54 Å². The third-order valence-corrected chi connectivity index (χ3v) is 4.54. The van der Waals surface area contributed by atoms with Crippen LogP contribution in [0.5, 0.6) is 0 Å². The molecule has 1 aromatic heterocycles. The number of nitrogens with zero attached hydrogens (tertiary/aromatic N) is 2. The summed E-state index contributed by atoms with van der Waals surface area (Å²) in [6.07, 6.45) is 3.87. The normalized spacial score (nSPS) is 11.0. The number of H-pyrrole nitrogens is 1. The van der Waals surface area contributed by atoms with Crippen molar-refractivity contribution in [3.63, 3.8) is 0 Å². The molecule has 0 fully saturated rings. The van der Waals surface area contributed by atoms with Crippen LogP contribution in [0, 0.1) is 11.3 Å². The molecule has 0 spiro atoms. The summed E-state index contributed by atoms with van der Waals surface area (Å²) in [7, 11) is 0. The monoisotopic (exact) mass is 420 g/mol. The van der Waals surface area contributed by atoms with E-state index < -0.39 is 5.91 Å². The van der Waals surface area contributed by atoms with Crippen molar-refractivity contribution >= 4 is 27.9 Å². The van der Waals surface area contributed by atoms with Crippen LogP contribution in [0.1, 0.15) is 11.1 Å². The predicted molar refractivity (Wildman–Crippen MR) is 108 cm³/mol. The number of rotatable bonds is 6. The van der Waals surface area contributed by atoms with E-state index in [-0.39, 0.29) is 5.57 Å². The van der Waals surface area contributed by atoms with Crippen LogP contribution >= 0.6 is 15.9 Å². The Morgan fingerprint density at radius 3 is 2.63 bits per heavy atom. The molecule has 5 nitrogen and oxygen atoms in total. The molecular weight excluding hydrogens is 404 g/mol. The second-order valence-electron chi connectivity index (χ2n) is 5.87. The largest absolute Gasteiger partial charge is 0.351 e. The molecule has 0 radical (unpaired) electrons. The maximum atomic E-state index is 12.3. The summed E-state index contributed by atoms with van der Waals surface area (Å²) in [5.74, 6) is -0.392. The average Bonchev–Trinajstić information content (AvgIpc) is 3.15. The number of benzene rings is 2. The predicted octanol–water partition coefficient (Wildman–Crippen LogP) is 4.11. The van der Waals surface area contributed by atoms with Gasteiger partial charge in [-0.15, -0.1) is 0 Å². The van der Waals surface area contributed by atoms with Gasteiger partial charge in [0.25, 0.3) is 5.91 Å². The molecular formula is C21H17BrN4O. The molecule has 6 heteroatoms. The Hall–Kier alpha value is -3.17. The van der Waals surface area contributed by atoms with Crippen molar-refractivity contribution in [2.24, 2.45) is 0 Å². The number of nitrogens with one attached hydrogen (secondary N) is 2. The lowest BCUT2D eigenvalue weighted by Crippen LogP contribution is -2.26. The molecule has 0 aliphatic rings. The standard InChI is InChI=1S/C21H17BrN4O/c22-19-8-6-16(7-9-19)20-18(14-25-26-20)12-17(13-23)21(27)24-11-10-15-4-2-1-3-5-15/h1-9,12,14H,10-11H2,(H,24,27)(H,25,26)/b17-12-. The maximum absolute atomic E-state index is 12.3. The van der Waals surface area contributed by atoms with Gasteiger partial charge in [-0.1, -0.05) is 58.4 Å². The summed E-state index contributed by atoms with van der Waals surface area (Å²) in [5, 5.41) is 19.2. The molecule has 2 aromatic carbocycles. The van der Waals surface area contributed by atoms with Crippen LogP contribution in [0.25, 0.3) is 17.3 Å². The van der Waals surface area contributed by atoms with Gasteiger partial charge in [-0.2, -0.15) is 10.4 Å². The number of nitriles is 1. The number of amides is 1. The molecule has 134 valence electrons. The molecule has 0 aliphatic carbocycles. The average molecular weight is 421 g/mol.